The predicted octanol–water partition coefficient (Wildman–Crippen LogP) is 2.44. The molecule has 0 saturated carbocycles. The van der Waals surface area contributed by atoms with Gasteiger partial charge >= 0.3 is 0 Å². The van der Waals surface area contributed by atoms with Crippen LogP contribution >= 0.6 is 0 Å². The van der Waals surface area contributed by atoms with Crippen LogP contribution in [0.15, 0.2) is 12.2 Å². The van der Waals surface area contributed by atoms with E-state index in [1.165, 1.54) is 12.5 Å². The monoisotopic (exact) mass is 128 g/mol. The van der Waals surface area contributed by atoms with Crippen LogP contribution in [0.3, 0.4) is 0 Å². The van der Waals surface area contributed by atoms with Crippen LogP contribution in [0.25, 0.3) is 0 Å². The zero-order valence-electron chi connectivity index (χ0n) is 6.15. The maximum absolute atomic E-state index is 2.38. The van der Waals surface area contributed by atoms with E-state index in [-0.39, 0.29) is 8.80 Å². The summed E-state index contributed by atoms with van der Waals surface area (Å²) in [6.45, 7) is 6.93. The molecule has 0 aromatic carbocycles. The molecular weight excluding hydrogens is 112 g/mol. The summed E-state index contributed by atoms with van der Waals surface area (Å²) in [7, 11) is -0.289. The van der Waals surface area contributed by atoms with E-state index in [9.17, 15) is 0 Å². The summed E-state index contributed by atoms with van der Waals surface area (Å²) in [4.78, 5) is 0. The van der Waals surface area contributed by atoms with Crippen molar-refractivity contribution in [3.8, 4) is 0 Å². The second-order valence-electron chi connectivity index (χ2n) is 2.51. The minimum atomic E-state index is -0.289. The van der Waals surface area contributed by atoms with Gasteiger partial charge in [-0.15, -0.1) is 0 Å². The third kappa shape index (κ3) is 5.96. The summed E-state index contributed by atoms with van der Waals surface area (Å²) in [6, 6.07) is 1.37. The van der Waals surface area contributed by atoms with Crippen molar-refractivity contribution >= 4 is 8.80 Å². The molecule has 0 saturated heterocycles. The molecule has 0 aliphatic rings. The number of rotatable bonds is 3. The average molecular weight is 128 g/mol. The lowest BCUT2D eigenvalue weighted by molar-refractivity contribution is 1.21. The Hall–Kier alpha value is -0.0431. The molecule has 0 aromatic heterocycles. The normalized spacial score (nSPS) is 11.5. The van der Waals surface area contributed by atoms with E-state index in [0.717, 1.165) is 0 Å². The van der Waals surface area contributed by atoms with E-state index in [0.29, 0.717) is 0 Å². The fourth-order valence-corrected chi connectivity index (χ4v) is 1.27. The summed E-state index contributed by atoms with van der Waals surface area (Å²) < 4.78 is 0. The molecule has 0 rings (SSSR count). The Bertz CT molecular complexity index is 64.8. The van der Waals surface area contributed by atoms with Crippen LogP contribution in [0, 0.1) is 0 Å². The van der Waals surface area contributed by atoms with E-state index in [2.05, 4.69) is 32.2 Å². The van der Waals surface area contributed by atoms with Gasteiger partial charge in [0.2, 0.25) is 0 Å². The first-order chi connectivity index (χ1) is 3.77. The minimum Gasteiger partial charge on any atom is -0.0915 e. The van der Waals surface area contributed by atoms with Gasteiger partial charge in [0, 0.05) is 8.80 Å². The molecule has 0 amide bonds. The van der Waals surface area contributed by atoms with Crippen LogP contribution < -0.4 is 0 Å². The molecule has 0 atom stereocenters. The van der Waals surface area contributed by atoms with Gasteiger partial charge in [0.15, 0.2) is 0 Å². The average Bonchev–Trinajstić information content (AvgIpc) is 1.66. The summed E-state index contributed by atoms with van der Waals surface area (Å²) in [6.07, 6.45) is 5.77. The Labute approximate surface area is 54.2 Å². The van der Waals surface area contributed by atoms with Gasteiger partial charge < -0.3 is 0 Å². The van der Waals surface area contributed by atoms with Crippen molar-refractivity contribution in [1.82, 2.24) is 0 Å². The summed E-state index contributed by atoms with van der Waals surface area (Å²) in [5, 5.41) is 0. The second-order valence-corrected chi connectivity index (χ2v) is 5.77. The molecule has 1 heteroatoms. The van der Waals surface area contributed by atoms with E-state index >= 15 is 0 Å². The molecule has 0 radical (unpaired) electrons. The van der Waals surface area contributed by atoms with Crippen LogP contribution in [-0.2, 0) is 0 Å². The zero-order chi connectivity index (χ0) is 6.41. The molecule has 0 unspecified atom stereocenters. The van der Waals surface area contributed by atoms with Gasteiger partial charge in [-0.1, -0.05) is 32.2 Å². The fourth-order valence-electron chi connectivity index (χ4n) is 0.535. The topological polar surface area (TPSA) is 0 Å². The van der Waals surface area contributed by atoms with Crippen molar-refractivity contribution in [2.24, 2.45) is 0 Å². The maximum Gasteiger partial charge on any atom is 0.0344 e. The fraction of sp³-hybridized carbons (Fsp3) is 0.714. The number of allylic oxidation sites excluding steroid dienone is 2. The molecule has 0 fully saturated rings. The Morgan fingerprint density at radius 3 is 2.25 bits per heavy atom. The van der Waals surface area contributed by atoms with Crippen molar-refractivity contribution < 1.29 is 0 Å². The SMILES string of the molecule is CCC=CC[SiH](C)C. The number of hydrogen-bond acceptors (Lipinski definition) is 0. The molecule has 0 bridgehead atoms. The van der Waals surface area contributed by atoms with Gasteiger partial charge in [-0.2, -0.15) is 0 Å². The Morgan fingerprint density at radius 2 is 1.88 bits per heavy atom. The van der Waals surface area contributed by atoms with Crippen molar-refractivity contribution in [2.45, 2.75) is 32.5 Å². The molecule has 0 nitrogen and oxygen atoms in total. The van der Waals surface area contributed by atoms with Gasteiger partial charge in [-0.05, 0) is 12.5 Å². The third-order valence-electron chi connectivity index (χ3n) is 1.01. The molecule has 0 aliphatic carbocycles. The quantitative estimate of drug-likeness (QED) is 0.404. The van der Waals surface area contributed by atoms with Crippen LogP contribution in [0.5, 0.6) is 0 Å². The highest BCUT2D eigenvalue weighted by Crippen LogP contribution is 1.92. The molecular formula is C7H16Si. The first kappa shape index (κ1) is 7.96. The lowest BCUT2D eigenvalue weighted by atomic mass is 10.4. The molecule has 48 valence electrons. The summed E-state index contributed by atoms with van der Waals surface area (Å²) in [5.41, 5.74) is 0. The molecule has 0 spiro atoms. The van der Waals surface area contributed by atoms with E-state index in [4.69, 9.17) is 0 Å². The van der Waals surface area contributed by atoms with Crippen LogP contribution in [-0.4, -0.2) is 8.80 Å². The van der Waals surface area contributed by atoms with Crippen LogP contribution in [0.2, 0.25) is 19.1 Å². The van der Waals surface area contributed by atoms with E-state index in [1.54, 1.807) is 0 Å². The Balaban J connectivity index is 3.03. The predicted molar refractivity (Wildman–Crippen MR) is 43.1 cm³/mol. The van der Waals surface area contributed by atoms with Crippen molar-refractivity contribution in [1.29, 1.82) is 0 Å². The molecule has 0 aliphatic heterocycles. The van der Waals surface area contributed by atoms with Crippen LogP contribution in [0.1, 0.15) is 13.3 Å². The van der Waals surface area contributed by atoms with Gasteiger partial charge in [0.1, 0.15) is 0 Å². The Morgan fingerprint density at radius 1 is 1.25 bits per heavy atom. The smallest absolute Gasteiger partial charge is 0.0344 e. The van der Waals surface area contributed by atoms with Gasteiger partial charge in [-0.25, -0.2) is 0 Å². The highest BCUT2D eigenvalue weighted by atomic mass is 28.3. The zero-order valence-corrected chi connectivity index (χ0v) is 7.30. The van der Waals surface area contributed by atoms with Gasteiger partial charge in [0.25, 0.3) is 0 Å². The lowest BCUT2D eigenvalue weighted by Gasteiger charge is -1.92. The molecule has 0 N–H and O–H groups in total. The maximum atomic E-state index is 2.38. The Kier molecular flexibility index (Phi) is 5.07. The third-order valence-corrected chi connectivity index (χ3v) is 2.22. The lowest BCUT2D eigenvalue weighted by Crippen LogP contribution is -1.94. The molecule has 0 heterocycles. The molecule has 8 heavy (non-hydrogen) atoms. The second kappa shape index (κ2) is 5.10. The summed E-state index contributed by atoms with van der Waals surface area (Å²) in [5.74, 6) is 0. The van der Waals surface area contributed by atoms with Crippen molar-refractivity contribution in [3.63, 3.8) is 0 Å². The first-order valence-corrected chi connectivity index (χ1v) is 6.55. The standard InChI is InChI=1S/C7H16Si/c1-4-5-6-7-8(2)3/h5-6,8H,4,7H2,1-3H3. The highest BCUT2D eigenvalue weighted by molar-refractivity contribution is 6.56. The minimum absolute atomic E-state index is 0.289. The molecule has 0 aromatic rings. The van der Waals surface area contributed by atoms with Crippen molar-refractivity contribution in [3.05, 3.63) is 12.2 Å². The van der Waals surface area contributed by atoms with E-state index < -0.39 is 0 Å². The van der Waals surface area contributed by atoms with Crippen molar-refractivity contribution in [2.75, 3.05) is 0 Å². The summed E-state index contributed by atoms with van der Waals surface area (Å²) >= 11 is 0. The number of hydrogen-bond donors (Lipinski definition) is 0. The van der Waals surface area contributed by atoms with Gasteiger partial charge in [0.05, 0.1) is 0 Å². The first-order valence-electron chi connectivity index (χ1n) is 3.42. The van der Waals surface area contributed by atoms with E-state index in [1.807, 2.05) is 0 Å². The van der Waals surface area contributed by atoms with Gasteiger partial charge in [-0.3, -0.25) is 0 Å². The highest BCUT2D eigenvalue weighted by Gasteiger charge is 1.87. The van der Waals surface area contributed by atoms with Crippen LogP contribution in [0.4, 0.5) is 0 Å². The largest absolute Gasteiger partial charge is 0.0915 e.